The summed E-state index contributed by atoms with van der Waals surface area (Å²) in [4.78, 5) is 40.4. The highest BCUT2D eigenvalue weighted by Gasteiger charge is 2.36. The molecule has 0 aromatic heterocycles. The van der Waals surface area contributed by atoms with Gasteiger partial charge in [0.05, 0.1) is 18.8 Å². The third-order valence-electron chi connectivity index (χ3n) is 8.51. The van der Waals surface area contributed by atoms with E-state index in [0.717, 1.165) is 22.3 Å². The summed E-state index contributed by atoms with van der Waals surface area (Å²) < 4.78 is 30.8. The zero-order valence-corrected chi connectivity index (χ0v) is 25.2. The Bertz CT molecular complexity index is 1920. The Labute approximate surface area is 268 Å². The van der Waals surface area contributed by atoms with E-state index in [1.807, 2.05) is 48.5 Å². The van der Waals surface area contributed by atoms with Gasteiger partial charge in [0.15, 0.2) is 12.5 Å². The van der Waals surface area contributed by atoms with Crippen LogP contribution < -0.4 is 20.3 Å². The molecule has 0 saturated carbocycles. The Hall–Kier alpha value is -5.75. The van der Waals surface area contributed by atoms with Crippen LogP contribution in [0.1, 0.15) is 40.7 Å². The summed E-state index contributed by atoms with van der Waals surface area (Å²) in [6.45, 7) is 1.67. The van der Waals surface area contributed by atoms with Crippen LogP contribution in [0.15, 0.2) is 84.0 Å². The molecule has 3 aliphatic rings. The molecule has 47 heavy (non-hydrogen) atoms. The molecule has 238 valence electrons. The predicted molar refractivity (Wildman–Crippen MR) is 169 cm³/mol. The Balaban J connectivity index is 1.03. The van der Waals surface area contributed by atoms with Gasteiger partial charge in [0.25, 0.3) is 5.91 Å². The van der Waals surface area contributed by atoms with Crippen LogP contribution >= 0.6 is 0 Å². The van der Waals surface area contributed by atoms with Gasteiger partial charge in [0.2, 0.25) is 5.91 Å². The summed E-state index contributed by atoms with van der Waals surface area (Å²) in [7, 11) is 0. The standard InChI is InChI=1S/C35H29FN4O7/c1-19(37-35(43)46-17-29-26-8-4-2-6-24(26)25-7-3-5-9-27(25)29)33(41)38-23-10-11-28-30(14-23)40(34(42)31(28)39-44)15-20-12-22(36)13-21-16-45-18-47-32(20)21/h2-14,19,29,44H,15-18H2,1H3,(H,37,43)(H,38,41)/b39-31-/t19-/m0/s1. The van der Waals surface area contributed by atoms with Crippen LogP contribution in [0.25, 0.3) is 11.1 Å². The fourth-order valence-electron chi connectivity index (χ4n) is 6.32. The first kappa shape index (κ1) is 29.9. The lowest BCUT2D eigenvalue weighted by atomic mass is 9.98. The molecule has 0 bridgehead atoms. The number of nitrogens with zero attached hydrogens (tertiary/aromatic N) is 2. The summed E-state index contributed by atoms with van der Waals surface area (Å²) >= 11 is 0. The van der Waals surface area contributed by atoms with Gasteiger partial charge < -0.3 is 35.0 Å². The minimum absolute atomic E-state index is 0.0159. The van der Waals surface area contributed by atoms with Crippen molar-refractivity contribution in [2.75, 3.05) is 23.6 Å². The van der Waals surface area contributed by atoms with Gasteiger partial charge >= 0.3 is 6.09 Å². The first-order valence-corrected chi connectivity index (χ1v) is 14.9. The number of ether oxygens (including phenoxy) is 3. The smallest absolute Gasteiger partial charge is 0.407 e. The van der Waals surface area contributed by atoms with Crippen LogP contribution in [-0.2, 0) is 32.2 Å². The zero-order valence-electron chi connectivity index (χ0n) is 25.2. The van der Waals surface area contributed by atoms with Crippen LogP contribution in [0, 0.1) is 5.82 Å². The van der Waals surface area contributed by atoms with Crippen molar-refractivity contribution in [3.8, 4) is 16.9 Å². The number of alkyl carbamates (subject to hydrolysis) is 1. The Morgan fingerprint density at radius 1 is 1.04 bits per heavy atom. The molecule has 0 saturated heterocycles. The van der Waals surface area contributed by atoms with E-state index in [9.17, 15) is 24.0 Å². The molecule has 0 unspecified atom stereocenters. The highest BCUT2D eigenvalue weighted by Crippen LogP contribution is 2.44. The number of hydrogen-bond acceptors (Lipinski definition) is 8. The van der Waals surface area contributed by atoms with E-state index in [1.54, 1.807) is 12.1 Å². The third-order valence-corrected chi connectivity index (χ3v) is 8.51. The van der Waals surface area contributed by atoms with Crippen molar-refractivity contribution in [3.05, 3.63) is 112 Å². The van der Waals surface area contributed by atoms with Crippen LogP contribution in [0.2, 0.25) is 0 Å². The molecule has 2 aliphatic heterocycles. The lowest BCUT2D eigenvalue weighted by Gasteiger charge is -2.24. The largest absolute Gasteiger partial charge is 0.467 e. The van der Waals surface area contributed by atoms with Crippen molar-refractivity contribution in [1.29, 1.82) is 0 Å². The number of amides is 3. The molecule has 11 nitrogen and oxygen atoms in total. The normalized spacial score (nSPS) is 16.1. The summed E-state index contributed by atoms with van der Waals surface area (Å²) in [5.74, 6) is -1.37. The molecule has 2 heterocycles. The van der Waals surface area contributed by atoms with Crippen molar-refractivity contribution < 1.29 is 38.2 Å². The van der Waals surface area contributed by atoms with Gasteiger partial charge in [-0.25, -0.2) is 9.18 Å². The maximum atomic E-state index is 14.4. The van der Waals surface area contributed by atoms with E-state index in [1.165, 1.54) is 30.0 Å². The molecule has 7 rings (SSSR count). The van der Waals surface area contributed by atoms with Gasteiger partial charge in [-0.3, -0.25) is 9.59 Å². The van der Waals surface area contributed by atoms with Crippen LogP contribution in [0.5, 0.6) is 5.75 Å². The Morgan fingerprint density at radius 3 is 2.49 bits per heavy atom. The zero-order chi connectivity index (χ0) is 32.7. The van der Waals surface area contributed by atoms with E-state index >= 15 is 0 Å². The van der Waals surface area contributed by atoms with E-state index in [-0.39, 0.29) is 38.2 Å². The maximum Gasteiger partial charge on any atom is 0.407 e. The average Bonchev–Trinajstić information content (AvgIpc) is 3.53. The number of fused-ring (bicyclic) bond motifs is 5. The highest BCUT2D eigenvalue weighted by atomic mass is 19.1. The second-order valence-corrected chi connectivity index (χ2v) is 11.4. The van der Waals surface area contributed by atoms with Crippen molar-refractivity contribution in [2.45, 2.75) is 32.0 Å². The number of nitrogens with one attached hydrogen (secondary N) is 2. The summed E-state index contributed by atoms with van der Waals surface area (Å²) in [6, 6.07) is 22.2. The Kier molecular flexibility index (Phi) is 7.78. The van der Waals surface area contributed by atoms with Crippen molar-refractivity contribution in [1.82, 2.24) is 5.32 Å². The van der Waals surface area contributed by atoms with Gasteiger partial charge in [-0.1, -0.05) is 53.7 Å². The van der Waals surface area contributed by atoms with Crippen LogP contribution in [0.3, 0.4) is 0 Å². The van der Waals surface area contributed by atoms with Crippen molar-refractivity contribution in [2.24, 2.45) is 5.16 Å². The van der Waals surface area contributed by atoms with Crippen LogP contribution in [0.4, 0.5) is 20.6 Å². The minimum Gasteiger partial charge on any atom is -0.467 e. The molecular weight excluding hydrogens is 607 g/mol. The molecule has 0 radical (unpaired) electrons. The molecule has 3 amide bonds. The Morgan fingerprint density at radius 2 is 1.77 bits per heavy atom. The van der Waals surface area contributed by atoms with E-state index in [4.69, 9.17) is 14.2 Å². The lowest BCUT2D eigenvalue weighted by molar-refractivity contribution is -0.117. The number of anilines is 2. The van der Waals surface area contributed by atoms with Crippen LogP contribution in [-0.4, -0.2) is 48.3 Å². The summed E-state index contributed by atoms with van der Waals surface area (Å²) in [5.41, 5.74) is 6.05. The van der Waals surface area contributed by atoms with Gasteiger partial charge in [-0.15, -0.1) is 0 Å². The number of halogens is 1. The molecule has 0 spiro atoms. The molecule has 1 aliphatic carbocycles. The summed E-state index contributed by atoms with van der Waals surface area (Å²) in [5, 5.41) is 18.1. The molecule has 12 heteroatoms. The molecule has 4 aromatic rings. The number of oxime groups is 1. The van der Waals surface area contributed by atoms with Crippen molar-refractivity contribution in [3.63, 3.8) is 0 Å². The highest BCUT2D eigenvalue weighted by molar-refractivity contribution is 6.54. The SMILES string of the molecule is C[C@H](NC(=O)OCC1c2ccccc2-c2ccccc21)C(=O)Nc1ccc2c(c1)N(Cc1cc(F)cc3c1OCOC3)C(=O)/C2=N\O. The average molecular weight is 637 g/mol. The number of carbonyl (C=O) groups is 3. The second kappa shape index (κ2) is 12.2. The molecule has 4 aromatic carbocycles. The minimum atomic E-state index is -0.968. The molecular formula is C35H29FN4O7. The van der Waals surface area contributed by atoms with E-state index in [2.05, 4.69) is 15.8 Å². The number of hydrogen-bond donors (Lipinski definition) is 3. The molecule has 3 N–H and O–H groups in total. The lowest BCUT2D eigenvalue weighted by Crippen LogP contribution is -2.42. The van der Waals surface area contributed by atoms with Gasteiger partial charge in [0, 0.05) is 28.3 Å². The number of rotatable bonds is 7. The van der Waals surface area contributed by atoms with Crippen molar-refractivity contribution >= 4 is 35.0 Å². The topological polar surface area (TPSA) is 139 Å². The fraction of sp³-hybridized carbons (Fsp3) is 0.200. The van der Waals surface area contributed by atoms with E-state index in [0.29, 0.717) is 33.8 Å². The quantitative estimate of drug-likeness (QED) is 0.185. The van der Waals surface area contributed by atoms with Gasteiger partial charge in [-0.2, -0.15) is 0 Å². The first-order valence-electron chi connectivity index (χ1n) is 14.9. The fourth-order valence-corrected chi connectivity index (χ4v) is 6.32. The van der Waals surface area contributed by atoms with E-state index < -0.39 is 29.8 Å². The van der Waals surface area contributed by atoms with Gasteiger partial charge in [0.1, 0.15) is 24.2 Å². The predicted octanol–water partition coefficient (Wildman–Crippen LogP) is 5.28. The summed E-state index contributed by atoms with van der Waals surface area (Å²) in [6.07, 6.45) is -0.741. The first-order chi connectivity index (χ1) is 22.8. The van der Waals surface area contributed by atoms with Gasteiger partial charge in [-0.05, 0) is 59.5 Å². The second-order valence-electron chi connectivity index (χ2n) is 11.4. The molecule has 1 atom stereocenters. The third kappa shape index (κ3) is 5.52. The monoisotopic (exact) mass is 636 g/mol. The number of benzene rings is 4. The number of carbonyl (C=O) groups excluding carboxylic acids is 3. The maximum absolute atomic E-state index is 14.4. The molecule has 0 fully saturated rings.